The number of hydrogen-bond acceptors (Lipinski definition) is 4. The quantitative estimate of drug-likeness (QED) is 0.767. The van der Waals surface area contributed by atoms with Crippen LogP contribution >= 0.6 is 0 Å². The number of para-hydroxylation sites is 2. The summed E-state index contributed by atoms with van der Waals surface area (Å²) in [5.74, 6) is 0.0533. The molecule has 1 heterocycles. The van der Waals surface area contributed by atoms with Gasteiger partial charge in [0.05, 0.1) is 17.2 Å². The van der Waals surface area contributed by atoms with E-state index in [-0.39, 0.29) is 0 Å². The van der Waals surface area contributed by atoms with Gasteiger partial charge in [-0.1, -0.05) is 42.5 Å². The average Bonchev–Trinajstić information content (AvgIpc) is 2.53. The molecule has 3 rings (SSSR count). The average molecular weight is 278 g/mol. The molecule has 2 aromatic carbocycles. The summed E-state index contributed by atoms with van der Waals surface area (Å²) < 4.78 is 0. The summed E-state index contributed by atoms with van der Waals surface area (Å²) in [6.07, 6.45) is 1.60. The number of hydrogen-bond donors (Lipinski definition) is 2. The van der Waals surface area contributed by atoms with E-state index in [4.69, 9.17) is 5.73 Å². The van der Waals surface area contributed by atoms with Crippen LogP contribution in [0, 0.1) is 0 Å². The van der Waals surface area contributed by atoms with E-state index in [1.807, 2.05) is 54.6 Å². The minimum absolute atomic E-state index is 0.462. The Balaban J connectivity index is 1.93. The first-order chi connectivity index (χ1) is 10.2. The number of carbonyl (C=O) groups is 1. The zero-order valence-corrected chi connectivity index (χ0v) is 11.2. The fourth-order valence-electron chi connectivity index (χ4n) is 2.14. The molecule has 1 aromatic heterocycles. The van der Waals surface area contributed by atoms with Crippen LogP contribution in [-0.2, 0) is 4.79 Å². The van der Waals surface area contributed by atoms with Crippen LogP contribution < -0.4 is 11.1 Å². The Kier molecular flexibility index (Phi) is 3.47. The molecule has 0 aliphatic carbocycles. The van der Waals surface area contributed by atoms with Crippen molar-refractivity contribution in [2.45, 2.75) is 6.04 Å². The molecule has 1 amide bonds. The van der Waals surface area contributed by atoms with Gasteiger partial charge in [-0.25, -0.2) is 4.98 Å². The van der Waals surface area contributed by atoms with Crippen molar-refractivity contribution in [1.82, 2.24) is 9.97 Å². The van der Waals surface area contributed by atoms with Gasteiger partial charge in [0.2, 0.25) is 5.91 Å². The topological polar surface area (TPSA) is 80.9 Å². The third-order valence-electron chi connectivity index (χ3n) is 3.16. The first kappa shape index (κ1) is 13.1. The first-order valence-electron chi connectivity index (χ1n) is 6.56. The molecule has 3 N–H and O–H groups in total. The van der Waals surface area contributed by atoms with Crippen molar-refractivity contribution in [3.63, 3.8) is 0 Å². The molecule has 0 fully saturated rings. The number of anilines is 1. The number of nitrogens with two attached hydrogens (primary N) is 1. The zero-order valence-electron chi connectivity index (χ0n) is 11.2. The third kappa shape index (κ3) is 2.81. The van der Waals surface area contributed by atoms with Crippen molar-refractivity contribution in [2.24, 2.45) is 5.73 Å². The highest BCUT2D eigenvalue weighted by molar-refractivity contribution is 5.84. The van der Waals surface area contributed by atoms with Crippen LogP contribution in [0.1, 0.15) is 11.6 Å². The molecule has 5 nitrogen and oxygen atoms in total. The molecular formula is C16H14N4O. The summed E-state index contributed by atoms with van der Waals surface area (Å²) in [4.78, 5) is 20.4. The molecule has 0 radical (unpaired) electrons. The number of fused-ring (bicyclic) bond motifs is 1. The monoisotopic (exact) mass is 278 g/mol. The van der Waals surface area contributed by atoms with Gasteiger partial charge in [0.1, 0.15) is 11.9 Å². The predicted molar refractivity (Wildman–Crippen MR) is 81.5 cm³/mol. The number of amides is 1. The highest BCUT2D eigenvalue weighted by Crippen LogP contribution is 2.19. The van der Waals surface area contributed by atoms with E-state index in [9.17, 15) is 4.79 Å². The van der Waals surface area contributed by atoms with Crippen LogP contribution in [0.3, 0.4) is 0 Å². The van der Waals surface area contributed by atoms with Crippen LogP contribution in [0.5, 0.6) is 0 Å². The van der Waals surface area contributed by atoms with E-state index in [2.05, 4.69) is 15.3 Å². The summed E-state index contributed by atoms with van der Waals surface area (Å²) in [6.45, 7) is 0. The van der Waals surface area contributed by atoms with Gasteiger partial charge < -0.3 is 11.1 Å². The summed E-state index contributed by atoms with van der Waals surface area (Å²) in [5.41, 5.74) is 7.84. The van der Waals surface area contributed by atoms with E-state index in [1.165, 1.54) is 0 Å². The van der Waals surface area contributed by atoms with Crippen LogP contribution in [0.25, 0.3) is 11.0 Å². The minimum Gasteiger partial charge on any atom is -0.368 e. The molecule has 5 heteroatoms. The molecule has 1 atom stereocenters. The third-order valence-corrected chi connectivity index (χ3v) is 3.16. The second-order valence-electron chi connectivity index (χ2n) is 4.63. The second kappa shape index (κ2) is 5.58. The largest absolute Gasteiger partial charge is 0.368 e. The molecule has 0 bridgehead atoms. The molecular weight excluding hydrogens is 264 g/mol. The van der Waals surface area contributed by atoms with Crippen molar-refractivity contribution < 1.29 is 4.79 Å². The fraction of sp³-hybridized carbons (Fsp3) is 0.0625. The smallest absolute Gasteiger partial charge is 0.244 e. The standard InChI is InChI=1S/C16H14N4O/c17-16(21)15(11-6-2-1-3-7-11)20-14-10-18-12-8-4-5-9-13(12)19-14/h1-10,15H,(H2,17,21)(H,19,20)/t15-/m1/s1. The lowest BCUT2D eigenvalue weighted by atomic mass is 10.1. The van der Waals surface area contributed by atoms with Gasteiger partial charge in [-0.05, 0) is 17.7 Å². The summed E-state index contributed by atoms with van der Waals surface area (Å²) in [7, 11) is 0. The van der Waals surface area contributed by atoms with Crippen LogP contribution in [0.4, 0.5) is 5.82 Å². The van der Waals surface area contributed by atoms with Crippen molar-refractivity contribution in [3.8, 4) is 0 Å². The van der Waals surface area contributed by atoms with Crippen LogP contribution in [-0.4, -0.2) is 15.9 Å². The van der Waals surface area contributed by atoms with Crippen molar-refractivity contribution >= 4 is 22.8 Å². The number of nitrogens with zero attached hydrogens (tertiary/aromatic N) is 2. The SMILES string of the molecule is NC(=O)[C@H](Nc1cnc2ccccc2n1)c1ccccc1. The Labute approximate surface area is 121 Å². The summed E-state index contributed by atoms with van der Waals surface area (Å²) in [6, 6.07) is 16.2. The van der Waals surface area contributed by atoms with Gasteiger partial charge in [0, 0.05) is 0 Å². The van der Waals surface area contributed by atoms with Gasteiger partial charge in [0.25, 0.3) is 0 Å². The number of rotatable bonds is 4. The van der Waals surface area contributed by atoms with E-state index < -0.39 is 11.9 Å². The van der Waals surface area contributed by atoms with Gasteiger partial charge in [-0.3, -0.25) is 9.78 Å². The molecule has 3 aromatic rings. The molecule has 0 unspecified atom stereocenters. The molecule has 0 saturated carbocycles. The number of aromatic nitrogens is 2. The Morgan fingerprint density at radius 1 is 1.00 bits per heavy atom. The minimum atomic E-state index is -0.637. The Morgan fingerprint density at radius 2 is 1.67 bits per heavy atom. The van der Waals surface area contributed by atoms with Crippen LogP contribution in [0.2, 0.25) is 0 Å². The summed E-state index contributed by atoms with van der Waals surface area (Å²) in [5, 5.41) is 3.04. The maximum absolute atomic E-state index is 11.7. The highest BCUT2D eigenvalue weighted by Gasteiger charge is 2.17. The lowest BCUT2D eigenvalue weighted by Gasteiger charge is -2.16. The van der Waals surface area contributed by atoms with Gasteiger partial charge in [-0.15, -0.1) is 0 Å². The number of benzene rings is 2. The molecule has 0 spiro atoms. The maximum atomic E-state index is 11.7. The van der Waals surface area contributed by atoms with Crippen molar-refractivity contribution in [3.05, 3.63) is 66.4 Å². The van der Waals surface area contributed by atoms with Gasteiger partial charge in [-0.2, -0.15) is 0 Å². The Hall–Kier alpha value is -2.95. The van der Waals surface area contributed by atoms with Crippen LogP contribution in [0.15, 0.2) is 60.8 Å². The van der Waals surface area contributed by atoms with Crippen molar-refractivity contribution in [1.29, 1.82) is 0 Å². The van der Waals surface area contributed by atoms with E-state index >= 15 is 0 Å². The molecule has 21 heavy (non-hydrogen) atoms. The van der Waals surface area contributed by atoms with Crippen molar-refractivity contribution in [2.75, 3.05) is 5.32 Å². The van der Waals surface area contributed by atoms with E-state index in [1.54, 1.807) is 6.20 Å². The lowest BCUT2D eigenvalue weighted by molar-refractivity contribution is -0.118. The van der Waals surface area contributed by atoms with E-state index in [0.29, 0.717) is 5.82 Å². The predicted octanol–water partition coefficient (Wildman–Crippen LogP) is 2.27. The van der Waals surface area contributed by atoms with Gasteiger partial charge >= 0.3 is 0 Å². The van der Waals surface area contributed by atoms with Gasteiger partial charge in [0.15, 0.2) is 0 Å². The molecule has 0 aliphatic heterocycles. The zero-order chi connectivity index (χ0) is 14.7. The number of primary amides is 1. The Bertz CT molecular complexity index is 773. The normalized spacial score (nSPS) is 12.0. The fourth-order valence-corrected chi connectivity index (χ4v) is 2.14. The Morgan fingerprint density at radius 3 is 2.38 bits per heavy atom. The first-order valence-corrected chi connectivity index (χ1v) is 6.56. The maximum Gasteiger partial charge on any atom is 0.244 e. The lowest BCUT2D eigenvalue weighted by Crippen LogP contribution is -2.28. The number of nitrogens with one attached hydrogen (secondary N) is 1. The molecule has 0 saturated heterocycles. The van der Waals surface area contributed by atoms with E-state index in [0.717, 1.165) is 16.6 Å². The number of carbonyl (C=O) groups excluding carboxylic acids is 1. The molecule has 0 aliphatic rings. The molecule has 104 valence electrons. The second-order valence-corrected chi connectivity index (χ2v) is 4.63. The summed E-state index contributed by atoms with van der Waals surface area (Å²) >= 11 is 0. The highest BCUT2D eigenvalue weighted by atomic mass is 16.1.